The molecule has 0 fully saturated rings. The Balaban J connectivity index is 3.01. The molecule has 1 rings (SSSR count). The third-order valence-corrected chi connectivity index (χ3v) is 1.77. The van der Waals surface area contributed by atoms with Crippen molar-refractivity contribution in [2.24, 2.45) is 5.73 Å². The van der Waals surface area contributed by atoms with E-state index >= 15 is 0 Å². The summed E-state index contributed by atoms with van der Waals surface area (Å²) < 4.78 is 17.5. The molecule has 76 valence electrons. The highest BCUT2D eigenvalue weighted by Crippen LogP contribution is 2.20. The van der Waals surface area contributed by atoms with Crippen LogP contribution in [0.15, 0.2) is 18.2 Å². The molecular formula is C9H10FNO3. The van der Waals surface area contributed by atoms with E-state index in [1.165, 1.54) is 19.2 Å². The van der Waals surface area contributed by atoms with Crippen molar-refractivity contribution in [3.63, 3.8) is 0 Å². The van der Waals surface area contributed by atoms with Crippen molar-refractivity contribution < 1.29 is 19.0 Å². The van der Waals surface area contributed by atoms with Crippen LogP contribution in [-0.2, 0) is 9.53 Å². The SMILES string of the molecule is COC(=O)[C@@H](N)c1ccc(O)cc1F. The number of carbonyl (C=O) groups is 1. The van der Waals surface area contributed by atoms with Gasteiger partial charge in [0.25, 0.3) is 0 Å². The molecule has 1 aromatic rings. The minimum atomic E-state index is -1.17. The maximum atomic E-state index is 13.1. The highest BCUT2D eigenvalue weighted by molar-refractivity contribution is 5.77. The Morgan fingerprint density at radius 2 is 2.29 bits per heavy atom. The number of rotatable bonds is 2. The van der Waals surface area contributed by atoms with E-state index in [0.717, 1.165) is 6.07 Å². The number of phenolic OH excluding ortho intramolecular Hbond substituents is 1. The predicted octanol–water partition coefficient (Wildman–Crippen LogP) is 0.704. The number of methoxy groups -OCH3 is 1. The average molecular weight is 199 g/mol. The average Bonchev–Trinajstić information content (AvgIpc) is 2.15. The fourth-order valence-electron chi connectivity index (χ4n) is 1.02. The molecule has 0 unspecified atom stereocenters. The fraction of sp³-hybridized carbons (Fsp3) is 0.222. The van der Waals surface area contributed by atoms with Gasteiger partial charge in [-0.3, -0.25) is 4.79 Å². The zero-order valence-corrected chi connectivity index (χ0v) is 7.53. The summed E-state index contributed by atoms with van der Waals surface area (Å²) in [6.07, 6.45) is 0. The molecule has 4 nitrogen and oxygen atoms in total. The molecule has 1 aromatic carbocycles. The van der Waals surface area contributed by atoms with Crippen LogP contribution in [0, 0.1) is 5.82 Å². The summed E-state index contributed by atoms with van der Waals surface area (Å²) in [4.78, 5) is 11.0. The van der Waals surface area contributed by atoms with E-state index in [1.807, 2.05) is 0 Å². The van der Waals surface area contributed by atoms with Crippen LogP contribution >= 0.6 is 0 Å². The van der Waals surface area contributed by atoms with Gasteiger partial charge in [-0.15, -0.1) is 0 Å². The molecule has 0 bridgehead atoms. The summed E-state index contributed by atoms with van der Waals surface area (Å²) in [5.41, 5.74) is 5.40. The Bertz CT molecular complexity index is 354. The molecule has 0 aliphatic rings. The summed E-state index contributed by atoms with van der Waals surface area (Å²) >= 11 is 0. The summed E-state index contributed by atoms with van der Waals surface area (Å²) in [5.74, 6) is -1.68. The molecule has 0 aliphatic heterocycles. The number of benzene rings is 1. The van der Waals surface area contributed by atoms with Crippen molar-refractivity contribution in [3.8, 4) is 5.75 Å². The molecule has 5 heteroatoms. The van der Waals surface area contributed by atoms with Gasteiger partial charge in [0.05, 0.1) is 7.11 Å². The topological polar surface area (TPSA) is 72.5 Å². The van der Waals surface area contributed by atoms with Crippen LogP contribution in [-0.4, -0.2) is 18.2 Å². The Hall–Kier alpha value is -1.62. The molecule has 0 aliphatic carbocycles. The minimum Gasteiger partial charge on any atom is -0.508 e. The number of aromatic hydroxyl groups is 1. The van der Waals surface area contributed by atoms with Crippen molar-refractivity contribution in [2.75, 3.05) is 7.11 Å². The molecular weight excluding hydrogens is 189 g/mol. The molecule has 0 saturated carbocycles. The largest absolute Gasteiger partial charge is 0.508 e. The standard InChI is InChI=1S/C9H10FNO3/c1-14-9(13)8(11)6-3-2-5(12)4-7(6)10/h2-4,8,12H,11H2,1H3/t8-/m0/s1. The second-order valence-corrected chi connectivity index (χ2v) is 2.71. The number of phenols is 1. The van der Waals surface area contributed by atoms with Crippen molar-refractivity contribution >= 4 is 5.97 Å². The third kappa shape index (κ3) is 2.00. The van der Waals surface area contributed by atoms with Crippen LogP contribution in [0.4, 0.5) is 4.39 Å². The van der Waals surface area contributed by atoms with Gasteiger partial charge in [-0.25, -0.2) is 4.39 Å². The van der Waals surface area contributed by atoms with Gasteiger partial charge in [0.15, 0.2) is 0 Å². The summed E-state index contributed by atoms with van der Waals surface area (Å²) in [7, 11) is 1.17. The Morgan fingerprint density at radius 3 is 2.79 bits per heavy atom. The lowest BCUT2D eigenvalue weighted by Crippen LogP contribution is -2.23. The van der Waals surface area contributed by atoms with Crippen molar-refractivity contribution in [1.82, 2.24) is 0 Å². The first kappa shape index (κ1) is 10.5. The van der Waals surface area contributed by atoms with Gasteiger partial charge >= 0.3 is 5.97 Å². The first-order valence-corrected chi connectivity index (χ1v) is 3.88. The van der Waals surface area contributed by atoms with Crippen molar-refractivity contribution in [2.45, 2.75) is 6.04 Å². The van der Waals surface area contributed by atoms with Crippen LogP contribution in [0.3, 0.4) is 0 Å². The van der Waals surface area contributed by atoms with Crippen LogP contribution < -0.4 is 5.73 Å². The van der Waals surface area contributed by atoms with Gasteiger partial charge in [0, 0.05) is 11.6 Å². The predicted molar refractivity (Wildman–Crippen MR) is 47.0 cm³/mol. The normalized spacial score (nSPS) is 12.2. The molecule has 3 N–H and O–H groups in total. The first-order chi connectivity index (χ1) is 6.56. The Morgan fingerprint density at radius 1 is 1.64 bits per heavy atom. The van der Waals surface area contributed by atoms with Crippen molar-refractivity contribution in [3.05, 3.63) is 29.6 Å². The number of nitrogens with two attached hydrogens (primary N) is 1. The molecule has 0 radical (unpaired) electrons. The maximum Gasteiger partial charge on any atom is 0.327 e. The number of ether oxygens (including phenoxy) is 1. The van der Waals surface area contributed by atoms with Crippen molar-refractivity contribution in [1.29, 1.82) is 0 Å². The summed E-state index contributed by atoms with van der Waals surface area (Å²) in [6, 6.07) is 2.21. The van der Waals surface area contributed by atoms with E-state index in [2.05, 4.69) is 4.74 Å². The zero-order chi connectivity index (χ0) is 10.7. The van der Waals surface area contributed by atoms with E-state index in [9.17, 15) is 9.18 Å². The molecule has 1 atom stereocenters. The lowest BCUT2D eigenvalue weighted by atomic mass is 10.1. The van der Waals surface area contributed by atoms with Gasteiger partial charge in [-0.2, -0.15) is 0 Å². The Kier molecular flexibility index (Phi) is 3.03. The van der Waals surface area contributed by atoms with E-state index in [1.54, 1.807) is 0 Å². The van der Waals surface area contributed by atoms with Crippen LogP contribution in [0.25, 0.3) is 0 Å². The molecule has 0 amide bonds. The number of esters is 1. The van der Waals surface area contributed by atoms with E-state index in [0.29, 0.717) is 0 Å². The molecule has 14 heavy (non-hydrogen) atoms. The number of hydrogen-bond donors (Lipinski definition) is 2. The molecule has 0 saturated heterocycles. The first-order valence-electron chi connectivity index (χ1n) is 3.88. The van der Waals surface area contributed by atoms with Crippen LogP contribution in [0.5, 0.6) is 5.75 Å². The number of hydrogen-bond acceptors (Lipinski definition) is 4. The van der Waals surface area contributed by atoms with E-state index < -0.39 is 17.8 Å². The van der Waals surface area contributed by atoms with Gasteiger partial charge in [0.1, 0.15) is 17.6 Å². The highest BCUT2D eigenvalue weighted by atomic mass is 19.1. The summed E-state index contributed by atoms with van der Waals surface area (Å²) in [6.45, 7) is 0. The zero-order valence-electron chi connectivity index (χ0n) is 7.53. The lowest BCUT2D eigenvalue weighted by molar-refractivity contribution is -0.142. The molecule has 0 spiro atoms. The molecule has 0 heterocycles. The van der Waals surface area contributed by atoms with Crippen LogP contribution in [0.1, 0.15) is 11.6 Å². The lowest BCUT2D eigenvalue weighted by Gasteiger charge is -2.10. The quantitative estimate of drug-likeness (QED) is 0.688. The fourth-order valence-corrected chi connectivity index (χ4v) is 1.02. The van der Waals surface area contributed by atoms with Gasteiger partial charge in [-0.05, 0) is 6.07 Å². The highest BCUT2D eigenvalue weighted by Gasteiger charge is 2.19. The number of halogens is 1. The second-order valence-electron chi connectivity index (χ2n) is 2.71. The maximum absolute atomic E-state index is 13.1. The van der Waals surface area contributed by atoms with E-state index in [4.69, 9.17) is 10.8 Å². The third-order valence-electron chi connectivity index (χ3n) is 1.77. The van der Waals surface area contributed by atoms with Gasteiger partial charge in [-0.1, -0.05) is 6.07 Å². The van der Waals surface area contributed by atoms with E-state index in [-0.39, 0.29) is 11.3 Å². The van der Waals surface area contributed by atoms with Gasteiger partial charge in [0.2, 0.25) is 0 Å². The number of carbonyl (C=O) groups excluding carboxylic acids is 1. The Labute approximate surface area is 80.1 Å². The van der Waals surface area contributed by atoms with Gasteiger partial charge < -0.3 is 15.6 Å². The monoisotopic (exact) mass is 199 g/mol. The molecule has 0 aromatic heterocycles. The smallest absolute Gasteiger partial charge is 0.327 e. The summed E-state index contributed by atoms with van der Waals surface area (Å²) in [5, 5.41) is 8.92. The minimum absolute atomic E-state index is 0.00495. The second kappa shape index (κ2) is 4.06. The van der Waals surface area contributed by atoms with Crippen LogP contribution in [0.2, 0.25) is 0 Å².